The zero-order valence-electron chi connectivity index (χ0n) is 20.9. The molecule has 204 valence electrons. The Morgan fingerprint density at radius 1 is 0.875 bits per heavy atom. The quantitative estimate of drug-likeness (QED) is 0.203. The number of fused-ring (bicyclic) bond motifs is 1. The topological polar surface area (TPSA) is 96.3 Å². The van der Waals surface area contributed by atoms with Crippen molar-refractivity contribution in [2.75, 3.05) is 10.6 Å². The number of nitrogens with zero attached hydrogens (tertiary/aromatic N) is 2. The van der Waals surface area contributed by atoms with Crippen molar-refractivity contribution >= 4 is 39.8 Å². The van der Waals surface area contributed by atoms with Crippen LogP contribution in [0.15, 0.2) is 97.2 Å². The van der Waals surface area contributed by atoms with E-state index in [4.69, 9.17) is 9.90 Å². The van der Waals surface area contributed by atoms with Crippen LogP contribution in [-0.2, 0) is 4.79 Å². The molecule has 0 fully saturated rings. The van der Waals surface area contributed by atoms with Crippen LogP contribution in [0.1, 0.15) is 15.9 Å². The van der Waals surface area contributed by atoms with E-state index in [0.717, 1.165) is 33.5 Å². The van der Waals surface area contributed by atoms with Crippen molar-refractivity contribution in [2.45, 2.75) is 13.1 Å². The van der Waals surface area contributed by atoms with E-state index in [1.165, 1.54) is 6.07 Å². The van der Waals surface area contributed by atoms with Crippen LogP contribution in [0.5, 0.6) is 0 Å². The molecule has 4 aromatic carbocycles. The number of hydrogen-bond donors (Lipinski definition) is 3. The number of carbonyl (C=O) groups is 2. The summed E-state index contributed by atoms with van der Waals surface area (Å²) in [5.74, 6) is -3.25. The summed E-state index contributed by atoms with van der Waals surface area (Å²) < 4.78 is 47.5. The number of halogens is 4. The number of hydrogen-bond acceptors (Lipinski definition) is 4. The Kier molecular flexibility index (Phi) is 8.13. The predicted molar refractivity (Wildman–Crippen MR) is 144 cm³/mol. The van der Waals surface area contributed by atoms with Gasteiger partial charge in [-0.3, -0.25) is 4.79 Å². The highest BCUT2D eigenvalue weighted by Gasteiger charge is 2.38. The maximum absolute atomic E-state index is 14.0. The van der Waals surface area contributed by atoms with Gasteiger partial charge in [0.05, 0.1) is 23.1 Å². The van der Waals surface area contributed by atoms with Gasteiger partial charge in [-0.25, -0.2) is 13.9 Å². The molecule has 0 bridgehead atoms. The number of para-hydroxylation sites is 1. The largest absolute Gasteiger partial charge is 0.490 e. The third-order valence-corrected chi connectivity index (χ3v) is 5.59. The maximum atomic E-state index is 14.0. The van der Waals surface area contributed by atoms with Crippen molar-refractivity contribution in [1.82, 2.24) is 9.78 Å². The molecule has 3 N–H and O–H groups in total. The highest BCUT2D eigenvalue weighted by molar-refractivity contribution is 6.04. The molecule has 0 aliphatic rings. The van der Waals surface area contributed by atoms with Crippen LogP contribution < -0.4 is 10.6 Å². The van der Waals surface area contributed by atoms with E-state index >= 15 is 0 Å². The third-order valence-electron chi connectivity index (χ3n) is 5.59. The van der Waals surface area contributed by atoms with E-state index in [1.807, 2.05) is 67.6 Å². The number of anilines is 3. The van der Waals surface area contributed by atoms with Crippen molar-refractivity contribution in [3.8, 4) is 5.69 Å². The summed E-state index contributed by atoms with van der Waals surface area (Å²) in [6.45, 7) is 1.98. The van der Waals surface area contributed by atoms with Crippen LogP contribution in [0, 0.1) is 12.7 Å². The molecule has 1 aromatic heterocycles. The molecular weight excluding hydrogens is 528 g/mol. The van der Waals surface area contributed by atoms with E-state index in [2.05, 4.69) is 15.7 Å². The Morgan fingerprint density at radius 3 is 2.30 bits per heavy atom. The molecule has 40 heavy (non-hydrogen) atoms. The fourth-order valence-corrected chi connectivity index (χ4v) is 3.74. The minimum Gasteiger partial charge on any atom is -0.475 e. The number of aliphatic carboxylic acids is 1. The summed E-state index contributed by atoms with van der Waals surface area (Å²) in [6, 6.07) is 27.3. The molecule has 5 rings (SSSR count). The van der Waals surface area contributed by atoms with Gasteiger partial charge < -0.3 is 15.7 Å². The van der Waals surface area contributed by atoms with Crippen LogP contribution in [0.25, 0.3) is 16.6 Å². The molecule has 0 aliphatic carbocycles. The molecule has 11 heteroatoms. The van der Waals surface area contributed by atoms with Gasteiger partial charge in [0.2, 0.25) is 0 Å². The van der Waals surface area contributed by atoms with Gasteiger partial charge in [-0.15, -0.1) is 0 Å². The first-order valence-electron chi connectivity index (χ1n) is 11.8. The highest BCUT2D eigenvalue weighted by Crippen LogP contribution is 2.26. The number of nitrogens with one attached hydrogen (secondary N) is 2. The van der Waals surface area contributed by atoms with Gasteiger partial charge in [-0.05, 0) is 73.2 Å². The number of amides is 1. The van der Waals surface area contributed by atoms with E-state index in [0.29, 0.717) is 11.3 Å². The normalized spacial score (nSPS) is 10.9. The van der Waals surface area contributed by atoms with Crippen molar-refractivity contribution in [1.29, 1.82) is 0 Å². The number of rotatable bonds is 5. The second-order valence-electron chi connectivity index (χ2n) is 8.61. The molecule has 0 aliphatic heterocycles. The van der Waals surface area contributed by atoms with Gasteiger partial charge in [0.15, 0.2) is 0 Å². The third kappa shape index (κ3) is 6.81. The van der Waals surface area contributed by atoms with Crippen molar-refractivity contribution in [2.24, 2.45) is 0 Å². The fraction of sp³-hybridized carbons (Fsp3) is 0.0690. The number of carboxylic acid groups (broad SMARTS) is 1. The second kappa shape index (κ2) is 11.7. The molecule has 7 nitrogen and oxygen atoms in total. The predicted octanol–water partition coefficient (Wildman–Crippen LogP) is 7.10. The molecule has 0 saturated carbocycles. The van der Waals surface area contributed by atoms with Crippen molar-refractivity contribution < 1.29 is 32.3 Å². The Morgan fingerprint density at radius 2 is 1.60 bits per heavy atom. The second-order valence-corrected chi connectivity index (χ2v) is 8.61. The SMILES string of the molecule is Cc1cccc(NC(=O)c2cccc(-n3ncc4cc(Nc5ccccc5F)ccc43)c2)c1.O=C(O)C(F)(F)F. The average Bonchev–Trinajstić information content (AvgIpc) is 3.33. The van der Waals surface area contributed by atoms with Gasteiger partial charge in [0, 0.05) is 22.3 Å². The first-order valence-corrected chi connectivity index (χ1v) is 11.8. The Balaban J connectivity index is 0.000000470. The summed E-state index contributed by atoms with van der Waals surface area (Å²) in [6.07, 6.45) is -3.33. The van der Waals surface area contributed by atoms with Crippen LogP contribution >= 0.6 is 0 Å². The van der Waals surface area contributed by atoms with E-state index in [1.54, 1.807) is 35.1 Å². The highest BCUT2D eigenvalue weighted by atomic mass is 19.4. The molecule has 0 unspecified atom stereocenters. The lowest BCUT2D eigenvalue weighted by Crippen LogP contribution is -2.21. The molecule has 5 aromatic rings. The minimum absolute atomic E-state index is 0.185. The summed E-state index contributed by atoms with van der Waals surface area (Å²) in [4.78, 5) is 21.7. The molecule has 1 amide bonds. The molecule has 0 radical (unpaired) electrons. The number of benzene rings is 4. The molecule has 1 heterocycles. The van der Waals surface area contributed by atoms with Gasteiger partial charge in [0.1, 0.15) is 5.82 Å². The van der Waals surface area contributed by atoms with Gasteiger partial charge in [0.25, 0.3) is 5.91 Å². The van der Waals surface area contributed by atoms with Gasteiger partial charge >= 0.3 is 12.1 Å². The number of alkyl halides is 3. The van der Waals surface area contributed by atoms with Gasteiger partial charge in [-0.1, -0.05) is 30.3 Å². The first kappa shape index (κ1) is 27.8. The van der Waals surface area contributed by atoms with Crippen LogP contribution in [0.3, 0.4) is 0 Å². The number of aryl methyl sites for hydroxylation is 1. The standard InChI is InChI=1S/C27H21FN4O.C2HF3O2/c1-18-6-4-8-21(14-18)31-27(33)19-7-5-9-23(16-19)32-26-13-12-22(15-20(26)17-29-32)30-25-11-3-2-10-24(25)28;3-2(4,5)1(6)7/h2-17,30H,1H3,(H,31,33);(H,6,7). The minimum atomic E-state index is -5.08. The lowest BCUT2D eigenvalue weighted by atomic mass is 10.1. The zero-order valence-corrected chi connectivity index (χ0v) is 20.9. The molecule has 0 saturated heterocycles. The summed E-state index contributed by atoms with van der Waals surface area (Å²) in [7, 11) is 0. The van der Waals surface area contributed by atoms with Crippen molar-refractivity contribution in [3.63, 3.8) is 0 Å². The number of carbonyl (C=O) groups excluding carboxylic acids is 1. The zero-order chi connectivity index (χ0) is 28.9. The molecule has 0 spiro atoms. The number of carboxylic acids is 1. The Hall–Kier alpha value is -5.19. The number of aromatic nitrogens is 2. The first-order chi connectivity index (χ1) is 19.0. The van der Waals surface area contributed by atoms with Crippen LogP contribution in [-0.4, -0.2) is 32.9 Å². The Bertz CT molecular complexity index is 1680. The van der Waals surface area contributed by atoms with Crippen molar-refractivity contribution in [3.05, 3.63) is 114 Å². The van der Waals surface area contributed by atoms with E-state index < -0.39 is 12.1 Å². The maximum Gasteiger partial charge on any atom is 0.490 e. The van der Waals surface area contributed by atoms with E-state index in [9.17, 15) is 22.4 Å². The summed E-state index contributed by atoms with van der Waals surface area (Å²) in [5, 5.41) is 18.6. The monoisotopic (exact) mass is 550 g/mol. The lowest BCUT2D eigenvalue weighted by molar-refractivity contribution is -0.192. The summed E-state index contributed by atoms with van der Waals surface area (Å²) >= 11 is 0. The lowest BCUT2D eigenvalue weighted by Gasteiger charge is -2.10. The van der Waals surface area contributed by atoms with Gasteiger partial charge in [-0.2, -0.15) is 18.3 Å². The smallest absolute Gasteiger partial charge is 0.475 e. The fourth-order valence-electron chi connectivity index (χ4n) is 3.74. The van der Waals surface area contributed by atoms with Crippen LogP contribution in [0.4, 0.5) is 34.6 Å². The van der Waals surface area contributed by atoms with Crippen LogP contribution in [0.2, 0.25) is 0 Å². The summed E-state index contributed by atoms with van der Waals surface area (Å²) in [5.41, 5.74) is 5.20. The molecular formula is C29H22F4N4O3. The average molecular weight is 551 g/mol. The molecule has 0 atom stereocenters. The Labute approximate surface area is 225 Å². The van der Waals surface area contributed by atoms with E-state index in [-0.39, 0.29) is 11.7 Å².